The third-order valence-corrected chi connectivity index (χ3v) is 6.49. The minimum absolute atomic E-state index is 0.0729. The molecule has 6 heteroatoms. The molecule has 1 aromatic heterocycles. The van der Waals surface area contributed by atoms with Crippen LogP contribution in [0.15, 0.2) is 71.2 Å². The van der Waals surface area contributed by atoms with Gasteiger partial charge in [-0.3, -0.25) is 14.7 Å². The Labute approximate surface area is 198 Å². The first-order chi connectivity index (χ1) is 15.5. The first-order valence-corrected chi connectivity index (χ1v) is 11.8. The highest BCUT2D eigenvalue weighted by atomic mass is 79.9. The van der Waals surface area contributed by atoms with Crippen LogP contribution >= 0.6 is 15.9 Å². The molecule has 1 saturated heterocycles. The van der Waals surface area contributed by atoms with Gasteiger partial charge < -0.3 is 10.2 Å². The molecular formula is C26H29BrN4O. The maximum absolute atomic E-state index is 13.3. The summed E-state index contributed by atoms with van der Waals surface area (Å²) in [6, 6.07) is 22.0. The third kappa shape index (κ3) is 5.63. The predicted molar refractivity (Wildman–Crippen MR) is 133 cm³/mol. The number of nitrogens with one attached hydrogen (secondary N) is 1. The predicted octanol–water partition coefficient (Wildman–Crippen LogP) is 4.54. The van der Waals surface area contributed by atoms with Gasteiger partial charge in [0, 0.05) is 42.8 Å². The lowest BCUT2D eigenvalue weighted by atomic mass is 10.0. The summed E-state index contributed by atoms with van der Waals surface area (Å²) in [5.41, 5.74) is 4.34. The fourth-order valence-corrected chi connectivity index (χ4v) is 4.45. The molecule has 0 aliphatic carbocycles. The van der Waals surface area contributed by atoms with Gasteiger partial charge in [0.2, 0.25) is 0 Å². The minimum atomic E-state index is -0.0845. The molecule has 2 aromatic carbocycles. The lowest BCUT2D eigenvalue weighted by Crippen LogP contribution is -2.47. The van der Waals surface area contributed by atoms with Gasteiger partial charge in [-0.2, -0.15) is 0 Å². The van der Waals surface area contributed by atoms with Gasteiger partial charge in [-0.15, -0.1) is 0 Å². The summed E-state index contributed by atoms with van der Waals surface area (Å²) in [7, 11) is 2.15. The molecule has 1 aliphatic rings. The molecule has 3 aromatic rings. The van der Waals surface area contributed by atoms with Crippen molar-refractivity contribution in [2.75, 3.05) is 39.8 Å². The lowest BCUT2D eigenvalue weighted by Gasteiger charge is -2.35. The number of benzene rings is 2. The van der Waals surface area contributed by atoms with E-state index in [1.807, 2.05) is 61.5 Å². The Morgan fingerprint density at radius 3 is 2.47 bits per heavy atom. The van der Waals surface area contributed by atoms with Crippen molar-refractivity contribution in [1.82, 2.24) is 20.1 Å². The number of likely N-dealkylation sites (N-methyl/N-ethyl adjacent to an activating group) is 1. The number of aromatic nitrogens is 1. The molecule has 1 atom stereocenters. The highest BCUT2D eigenvalue weighted by Gasteiger charge is 2.22. The molecule has 4 rings (SSSR count). The molecule has 2 heterocycles. The summed E-state index contributed by atoms with van der Waals surface area (Å²) >= 11 is 3.51. The van der Waals surface area contributed by atoms with E-state index in [1.165, 1.54) is 0 Å². The fraction of sp³-hybridized carbons (Fsp3) is 0.308. The number of hydrogen-bond donors (Lipinski definition) is 1. The normalized spacial score (nSPS) is 16.0. The largest absolute Gasteiger partial charge is 0.344 e. The maximum Gasteiger partial charge on any atom is 0.253 e. The zero-order chi connectivity index (χ0) is 22.5. The molecule has 0 radical (unpaired) electrons. The molecule has 1 aliphatic heterocycles. The molecule has 166 valence electrons. The highest BCUT2D eigenvalue weighted by molar-refractivity contribution is 9.10. The topological polar surface area (TPSA) is 48.5 Å². The van der Waals surface area contributed by atoms with Crippen LogP contribution in [0.4, 0.5) is 0 Å². The number of aryl methyl sites for hydroxylation is 1. The van der Waals surface area contributed by atoms with Gasteiger partial charge in [0.05, 0.1) is 23.0 Å². The van der Waals surface area contributed by atoms with Crippen LogP contribution in [-0.2, 0) is 0 Å². The SMILES string of the molecule is Cc1nc(-c2cccc(Br)c2)ccc1C(=O)NC(CN1CCN(C)CC1)c1ccccc1. The molecule has 1 N–H and O–H groups in total. The number of carbonyl (C=O) groups excluding carboxylic acids is 1. The number of pyridine rings is 1. The van der Waals surface area contributed by atoms with Crippen molar-refractivity contribution < 1.29 is 4.79 Å². The summed E-state index contributed by atoms with van der Waals surface area (Å²) < 4.78 is 1.01. The summed E-state index contributed by atoms with van der Waals surface area (Å²) in [5, 5.41) is 3.28. The maximum atomic E-state index is 13.3. The molecule has 32 heavy (non-hydrogen) atoms. The second kappa shape index (κ2) is 10.4. The smallest absolute Gasteiger partial charge is 0.253 e. The van der Waals surface area contributed by atoms with Crippen LogP contribution in [0.2, 0.25) is 0 Å². The lowest BCUT2D eigenvalue weighted by molar-refractivity contribution is 0.0906. The third-order valence-electron chi connectivity index (χ3n) is 5.99. The van der Waals surface area contributed by atoms with Gasteiger partial charge in [-0.25, -0.2) is 0 Å². The fourth-order valence-electron chi connectivity index (χ4n) is 4.05. The molecule has 1 fully saturated rings. The Bertz CT molecular complexity index is 1060. The van der Waals surface area contributed by atoms with Gasteiger partial charge in [-0.1, -0.05) is 58.4 Å². The summed E-state index contributed by atoms with van der Waals surface area (Å²) in [4.78, 5) is 22.7. The van der Waals surface area contributed by atoms with Gasteiger partial charge in [0.1, 0.15) is 0 Å². The molecule has 1 unspecified atom stereocenters. The van der Waals surface area contributed by atoms with E-state index in [4.69, 9.17) is 4.98 Å². The molecule has 0 spiro atoms. The molecule has 1 amide bonds. The molecule has 0 saturated carbocycles. The van der Waals surface area contributed by atoms with E-state index < -0.39 is 0 Å². The number of nitrogens with zero attached hydrogens (tertiary/aromatic N) is 3. The number of rotatable bonds is 6. The van der Waals surface area contributed by atoms with E-state index in [-0.39, 0.29) is 11.9 Å². The Kier molecular flexibility index (Phi) is 7.35. The number of halogens is 1. The van der Waals surface area contributed by atoms with E-state index in [0.29, 0.717) is 5.56 Å². The second-order valence-electron chi connectivity index (χ2n) is 8.38. The zero-order valence-electron chi connectivity index (χ0n) is 18.6. The van der Waals surface area contributed by atoms with Gasteiger partial charge in [0.15, 0.2) is 0 Å². The number of hydrogen-bond acceptors (Lipinski definition) is 4. The number of piperazine rings is 1. The standard InChI is InChI=1S/C26H29BrN4O/c1-19-23(11-12-24(28-19)21-9-6-10-22(27)17-21)26(32)29-25(20-7-4-3-5-8-20)18-31-15-13-30(2)14-16-31/h3-12,17,25H,13-16,18H2,1-2H3,(H,29,32). The van der Waals surface area contributed by atoms with Crippen LogP contribution in [0.1, 0.15) is 27.7 Å². The minimum Gasteiger partial charge on any atom is -0.344 e. The Hall–Kier alpha value is -2.54. The van der Waals surface area contributed by atoms with E-state index in [1.54, 1.807) is 0 Å². The average molecular weight is 493 g/mol. The summed E-state index contributed by atoms with van der Waals surface area (Å²) in [6.45, 7) is 6.82. The zero-order valence-corrected chi connectivity index (χ0v) is 20.2. The monoisotopic (exact) mass is 492 g/mol. The van der Waals surface area contributed by atoms with Crippen molar-refractivity contribution >= 4 is 21.8 Å². The quantitative estimate of drug-likeness (QED) is 0.548. The van der Waals surface area contributed by atoms with Gasteiger partial charge in [0.25, 0.3) is 5.91 Å². The van der Waals surface area contributed by atoms with Crippen molar-refractivity contribution in [3.63, 3.8) is 0 Å². The Morgan fingerprint density at radius 1 is 1.03 bits per heavy atom. The van der Waals surface area contributed by atoms with Crippen molar-refractivity contribution in [3.05, 3.63) is 88.0 Å². The first-order valence-electron chi connectivity index (χ1n) is 11.0. The van der Waals surface area contributed by atoms with Gasteiger partial charge in [-0.05, 0) is 43.8 Å². The van der Waals surface area contributed by atoms with E-state index in [9.17, 15) is 4.79 Å². The molecule has 5 nitrogen and oxygen atoms in total. The van der Waals surface area contributed by atoms with Crippen LogP contribution < -0.4 is 5.32 Å². The van der Waals surface area contributed by atoms with E-state index in [2.05, 4.69) is 50.2 Å². The van der Waals surface area contributed by atoms with Crippen molar-refractivity contribution in [1.29, 1.82) is 0 Å². The molecule has 0 bridgehead atoms. The van der Waals surface area contributed by atoms with Crippen molar-refractivity contribution in [2.24, 2.45) is 0 Å². The highest BCUT2D eigenvalue weighted by Crippen LogP contribution is 2.23. The van der Waals surface area contributed by atoms with Crippen LogP contribution in [0, 0.1) is 6.92 Å². The number of amides is 1. The second-order valence-corrected chi connectivity index (χ2v) is 9.30. The first kappa shape index (κ1) is 22.6. The van der Waals surface area contributed by atoms with E-state index >= 15 is 0 Å². The van der Waals surface area contributed by atoms with Crippen LogP contribution in [-0.4, -0.2) is 60.5 Å². The van der Waals surface area contributed by atoms with Crippen LogP contribution in [0.3, 0.4) is 0 Å². The van der Waals surface area contributed by atoms with Crippen LogP contribution in [0.25, 0.3) is 11.3 Å². The van der Waals surface area contributed by atoms with E-state index in [0.717, 1.165) is 59.7 Å². The van der Waals surface area contributed by atoms with Crippen LogP contribution in [0.5, 0.6) is 0 Å². The van der Waals surface area contributed by atoms with Crippen molar-refractivity contribution in [2.45, 2.75) is 13.0 Å². The van der Waals surface area contributed by atoms with Gasteiger partial charge >= 0.3 is 0 Å². The average Bonchev–Trinajstić information content (AvgIpc) is 2.80. The molecular weight excluding hydrogens is 464 g/mol. The Morgan fingerprint density at radius 2 is 1.78 bits per heavy atom. The summed E-state index contributed by atoms with van der Waals surface area (Å²) in [6.07, 6.45) is 0. The van der Waals surface area contributed by atoms with Crippen molar-refractivity contribution in [3.8, 4) is 11.3 Å². The summed E-state index contributed by atoms with van der Waals surface area (Å²) in [5.74, 6) is -0.0845. The Balaban J connectivity index is 1.52. The number of carbonyl (C=O) groups is 1.